The molecule has 0 spiro atoms. The molecule has 17 heavy (non-hydrogen) atoms. The van der Waals surface area contributed by atoms with Crippen LogP contribution in [0, 0.1) is 29.9 Å². The minimum Gasteiger partial charge on any atom is -0.317 e. The SMILES string of the molecule is [C-]#[N+]CC[C@H](c1c(F)cc(F)cc1F)C(C)C. The van der Waals surface area contributed by atoms with Crippen molar-refractivity contribution in [2.45, 2.75) is 26.2 Å². The van der Waals surface area contributed by atoms with Crippen LogP contribution in [0.15, 0.2) is 12.1 Å². The first-order valence-corrected chi connectivity index (χ1v) is 5.45. The van der Waals surface area contributed by atoms with E-state index in [2.05, 4.69) is 4.85 Å². The standard InChI is InChI=1S/C13H14F3N/c1-8(2)10(4-5-17-3)13-11(15)6-9(14)7-12(13)16/h6-8,10H,4-5H2,1-2H3/t10-/m0/s1. The molecule has 0 radical (unpaired) electrons. The van der Waals surface area contributed by atoms with Crippen LogP contribution in [0.2, 0.25) is 0 Å². The van der Waals surface area contributed by atoms with E-state index in [1.807, 2.05) is 13.8 Å². The molecule has 1 atom stereocenters. The molecule has 0 N–H and O–H groups in total. The molecular formula is C13H14F3N. The topological polar surface area (TPSA) is 4.36 Å². The minimum absolute atomic E-state index is 0.00814. The molecule has 0 bridgehead atoms. The second-order valence-corrected chi connectivity index (χ2v) is 4.30. The van der Waals surface area contributed by atoms with E-state index in [1.54, 1.807) is 0 Å². The Labute approximate surface area is 99.1 Å². The fraction of sp³-hybridized carbons (Fsp3) is 0.462. The summed E-state index contributed by atoms with van der Waals surface area (Å²) in [4.78, 5) is 3.19. The highest BCUT2D eigenvalue weighted by molar-refractivity contribution is 5.25. The van der Waals surface area contributed by atoms with Crippen LogP contribution in [0.3, 0.4) is 0 Å². The van der Waals surface area contributed by atoms with Crippen molar-refractivity contribution in [3.05, 3.63) is 46.6 Å². The van der Waals surface area contributed by atoms with Crippen LogP contribution in [-0.2, 0) is 0 Å². The van der Waals surface area contributed by atoms with E-state index in [0.717, 1.165) is 0 Å². The van der Waals surface area contributed by atoms with Gasteiger partial charge in [-0.3, -0.25) is 0 Å². The molecule has 92 valence electrons. The van der Waals surface area contributed by atoms with Crippen LogP contribution in [0.25, 0.3) is 4.85 Å². The maximum Gasteiger partial charge on any atom is 0.215 e. The molecular weight excluding hydrogens is 227 g/mol. The molecule has 0 unspecified atom stereocenters. The summed E-state index contributed by atoms with van der Waals surface area (Å²) >= 11 is 0. The zero-order valence-corrected chi connectivity index (χ0v) is 9.80. The van der Waals surface area contributed by atoms with Crippen molar-refractivity contribution in [2.75, 3.05) is 6.54 Å². The van der Waals surface area contributed by atoms with E-state index in [9.17, 15) is 13.2 Å². The lowest BCUT2D eigenvalue weighted by Crippen LogP contribution is -2.12. The molecule has 0 amide bonds. The number of rotatable bonds is 4. The second-order valence-electron chi connectivity index (χ2n) is 4.30. The van der Waals surface area contributed by atoms with Crippen molar-refractivity contribution in [1.29, 1.82) is 0 Å². The molecule has 1 aromatic rings. The Balaban J connectivity index is 3.14. The highest BCUT2D eigenvalue weighted by atomic mass is 19.1. The zero-order chi connectivity index (χ0) is 13.0. The van der Waals surface area contributed by atoms with E-state index in [1.165, 1.54) is 0 Å². The smallest absolute Gasteiger partial charge is 0.215 e. The first kappa shape index (κ1) is 13.6. The molecule has 0 aliphatic heterocycles. The Morgan fingerprint density at radius 3 is 2.12 bits per heavy atom. The Bertz CT molecular complexity index is 412. The third-order valence-corrected chi connectivity index (χ3v) is 2.77. The van der Waals surface area contributed by atoms with Gasteiger partial charge >= 0.3 is 0 Å². The van der Waals surface area contributed by atoms with Gasteiger partial charge in [0.1, 0.15) is 17.5 Å². The molecule has 0 saturated carbocycles. The fourth-order valence-corrected chi connectivity index (χ4v) is 1.92. The third-order valence-electron chi connectivity index (χ3n) is 2.77. The molecule has 0 aliphatic rings. The number of halogens is 3. The van der Waals surface area contributed by atoms with Gasteiger partial charge in [-0.05, 0) is 11.8 Å². The molecule has 1 nitrogen and oxygen atoms in total. The van der Waals surface area contributed by atoms with Crippen molar-refractivity contribution >= 4 is 0 Å². The third kappa shape index (κ3) is 3.23. The summed E-state index contributed by atoms with van der Waals surface area (Å²) in [6, 6.07) is 1.37. The highest BCUT2D eigenvalue weighted by Crippen LogP contribution is 2.32. The number of hydrogen-bond donors (Lipinski definition) is 0. The monoisotopic (exact) mass is 241 g/mol. The van der Waals surface area contributed by atoms with Crippen LogP contribution in [-0.4, -0.2) is 6.54 Å². The van der Waals surface area contributed by atoms with E-state index < -0.39 is 23.4 Å². The van der Waals surface area contributed by atoms with Crippen molar-refractivity contribution in [3.8, 4) is 0 Å². The summed E-state index contributed by atoms with van der Waals surface area (Å²) in [6.07, 6.45) is 0.376. The first-order chi connectivity index (χ1) is 7.97. The van der Waals surface area contributed by atoms with Gasteiger partial charge in [0.15, 0.2) is 0 Å². The largest absolute Gasteiger partial charge is 0.317 e. The van der Waals surface area contributed by atoms with Crippen LogP contribution in [0.5, 0.6) is 0 Å². The lowest BCUT2D eigenvalue weighted by atomic mass is 9.85. The van der Waals surface area contributed by atoms with Gasteiger partial charge in [0.05, 0.1) is 0 Å². The quantitative estimate of drug-likeness (QED) is 0.697. The van der Waals surface area contributed by atoms with Gasteiger partial charge in [0.25, 0.3) is 0 Å². The molecule has 0 fully saturated rings. The van der Waals surface area contributed by atoms with Gasteiger partial charge < -0.3 is 4.85 Å². The van der Waals surface area contributed by atoms with Crippen LogP contribution >= 0.6 is 0 Å². The van der Waals surface area contributed by atoms with Gasteiger partial charge in [0, 0.05) is 24.1 Å². The van der Waals surface area contributed by atoms with Crippen molar-refractivity contribution in [3.63, 3.8) is 0 Å². The van der Waals surface area contributed by atoms with Gasteiger partial charge in [-0.2, -0.15) is 0 Å². The van der Waals surface area contributed by atoms with Gasteiger partial charge in [-0.15, -0.1) is 0 Å². The molecule has 0 aliphatic carbocycles. The molecule has 0 aromatic heterocycles. The average molecular weight is 241 g/mol. The highest BCUT2D eigenvalue weighted by Gasteiger charge is 2.24. The van der Waals surface area contributed by atoms with Crippen LogP contribution in [0.4, 0.5) is 13.2 Å². The van der Waals surface area contributed by atoms with E-state index in [4.69, 9.17) is 6.57 Å². The Morgan fingerprint density at radius 1 is 1.18 bits per heavy atom. The summed E-state index contributed by atoms with van der Waals surface area (Å²) < 4.78 is 40.0. The van der Waals surface area contributed by atoms with Crippen molar-refractivity contribution < 1.29 is 13.2 Å². The number of benzene rings is 1. The molecule has 1 rings (SSSR count). The maximum absolute atomic E-state index is 13.6. The lowest BCUT2D eigenvalue weighted by Gasteiger charge is -2.20. The average Bonchev–Trinajstić information content (AvgIpc) is 2.20. The fourth-order valence-electron chi connectivity index (χ4n) is 1.92. The van der Waals surface area contributed by atoms with Crippen LogP contribution < -0.4 is 0 Å². The Hall–Kier alpha value is -1.50. The van der Waals surface area contributed by atoms with Gasteiger partial charge in [-0.1, -0.05) is 13.8 Å². The Morgan fingerprint density at radius 2 is 1.71 bits per heavy atom. The minimum atomic E-state index is -0.920. The predicted molar refractivity (Wildman–Crippen MR) is 60.0 cm³/mol. The maximum atomic E-state index is 13.6. The van der Waals surface area contributed by atoms with Crippen molar-refractivity contribution in [1.82, 2.24) is 0 Å². The predicted octanol–water partition coefficient (Wildman–Crippen LogP) is 4.15. The molecule has 1 aromatic carbocycles. The summed E-state index contributed by atoms with van der Waals surface area (Å²) in [5.74, 6) is -3.07. The van der Waals surface area contributed by atoms with E-state index >= 15 is 0 Å². The van der Waals surface area contributed by atoms with Gasteiger partial charge in [0.2, 0.25) is 6.54 Å². The number of nitrogens with zero attached hydrogens (tertiary/aromatic N) is 1. The summed E-state index contributed by atoms with van der Waals surface area (Å²) in [5, 5.41) is 0. The van der Waals surface area contributed by atoms with E-state index in [-0.39, 0.29) is 18.0 Å². The lowest BCUT2D eigenvalue weighted by molar-refractivity contribution is 0.427. The summed E-state index contributed by atoms with van der Waals surface area (Å²) in [6.45, 7) is 10.6. The summed E-state index contributed by atoms with van der Waals surface area (Å²) in [5.41, 5.74) is -0.106. The van der Waals surface area contributed by atoms with Crippen molar-refractivity contribution in [2.24, 2.45) is 5.92 Å². The number of hydrogen-bond acceptors (Lipinski definition) is 0. The molecule has 0 saturated heterocycles. The molecule has 0 heterocycles. The van der Waals surface area contributed by atoms with Crippen LogP contribution in [0.1, 0.15) is 31.7 Å². The summed E-state index contributed by atoms with van der Waals surface area (Å²) in [7, 11) is 0. The zero-order valence-electron chi connectivity index (χ0n) is 9.80. The Kier molecular flexibility index (Phi) is 4.56. The normalized spacial score (nSPS) is 12.5. The van der Waals surface area contributed by atoms with E-state index in [0.29, 0.717) is 18.6 Å². The first-order valence-electron chi connectivity index (χ1n) is 5.45. The molecule has 4 heteroatoms. The van der Waals surface area contributed by atoms with Gasteiger partial charge in [-0.25, -0.2) is 19.7 Å². The second kappa shape index (κ2) is 5.72.